The monoisotopic (exact) mass is 168 g/mol. The van der Waals surface area contributed by atoms with Crippen LogP contribution in [0, 0.1) is 5.92 Å². The topological polar surface area (TPSA) is 15.3 Å². The second-order valence-corrected chi connectivity index (χ2v) is 4.79. The highest BCUT2D eigenvalue weighted by molar-refractivity contribution is 5.03. The lowest BCUT2D eigenvalue weighted by Crippen LogP contribution is -2.62. The molecule has 1 aliphatic carbocycles. The van der Waals surface area contributed by atoms with Gasteiger partial charge in [-0.05, 0) is 39.7 Å². The van der Waals surface area contributed by atoms with Gasteiger partial charge < -0.3 is 5.32 Å². The fraction of sp³-hybridized carbons (Fsp3) is 1.00. The summed E-state index contributed by atoms with van der Waals surface area (Å²) < 4.78 is 0. The van der Waals surface area contributed by atoms with Crippen molar-refractivity contribution in [1.29, 1.82) is 0 Å². The van der Waals surface area contributed by atoms with Crippen LogP contribution in [0.15, 0.2) is 0 Å². The molecule has 2 rings (SSSR count). The largest absolute Gasteiger partial charge is 0.311 e. The van der Waals surface area contributed by atoms with Crippen LogP contribution in [-0.2, 0) is 0 Å². The first-order valence-electron chi connectivity index (χ1n) is 5.07. The van der Waals surface area contributed by atoms with E-state index < -0.39 is 0 Å². The first-order valence-corrected chi connectivity index (χ1v) is 5.07. The zero-order valence-electron chi connectivity index (χ0n) is 8.43. The van der Waals surface area contributed by atoms with E-state index in [1.807, 2.05) is 0 Å². The van der Waals surface area contributed by atoms with Crippen molar-refractivity contribution in [2.45, 2.75) is 38.3 Å². The second kappa shape index (κ2) is 2.71. The highest BCUT2D eigenvalue weighted by Gasteiger charge is 2.46. The summed E-state index contributed by atoms with van der Waals surface area (Å²) in [4.78, 5) is 2.55. The van der Waals surface area contributed by atoms with Crippen molar-refractivity contribution in [2.75, 3.05) is 20.1 Å². The maximum Gasteiger partial charge on any atom is 0.0331 e. The molecule has 2 nitrogen and oxygen atoms in total. The molecule has 0 radical (unpaired) electrons. The van der Waals surface area contributed by atoms with Gasteiger partial charge in [-0.3, -0.25) is 4.90 Å². The molecular formula is C10H20N2. The molecule has 0 spiro atoms. The number of likely N-dealkylation sites (N-methyl/N-ethyl adjacent to an activating group) is 1. The van der Waals surface area contributed by atoms with Gasteiger partial charge in [0, 0.05) is 24.7 Å². The Morgan fingerprint density at radius 1 is 1.42 bits per heavy atom. The molecule has 2 atom stereocenters. The van der Waals surface area contributed by atoms with Crippen LogP contribution < -0.4 is 5.32 Å². The fourth-order valence-corrected chi connectivity index (χ4v) is 2.36. The average molecular weight is 168 g/mol. The third-order valence-electron chi connectivity index (χ3n) is 3.69. The summed E-state index contributed by atoms with van der Waals surface area (Å²) in [7, 11) is 2.27. The minimum Gasteiger partial charge on any atom is -0.311 e. The molecule has 1 heterocycles. The van der Waals surface area contributed by atoms with Gasteiger partial charge in [0.2, 0.25) is 0 Å². The zero-order valence-corrected chi connectivity index (χ0v) is 8.43. The first-order chi connectivity index (χ1) is 5.63. The van der Waals surface area contributed by atoms with Gasteiger partial charge in [0.05, 0.1) is 0 Å². The third kappa shape index (κ3) is 1.27. The molecule has 2 fully saturated rings. The van der Waals surface area contributed by atoms with E-state index >= 15 is 0 Å². The Bertz CT molecular complexity index is 177. The van der Waals surface area contributed by atoms with Gasteiger partial charge in [0.25, 0.3) is 0 Å². The summed E-state index contributed by atoms with van der Waals surface area (Å²) >= 11 is 0. The molecule has 1 saturated carbocycles. The third-order valence-corrected chi connectivity index (χ3v) is 3.69. The summed E-state index contributed by atoms with van der Waals surface area (Å²) in [5.41, 5.74) is 0.451. The molecule has 1 aliphatic heterocycles. The molecule has 0 aromatic heterocycles. The van der Waals surface area contributed by atoms with Gasteiger partial charge in [-0.2, -0.15) is 0 Å². The highest BCUT2D eigenvalue weighted by atomic mass is 15.3. The van der Waals surface area contributed by atoms with Crippen LogP contribution in [0.5, 0.6) is 0 Å². The molecule has 2 aliphatic rings. The quantitative estimate of drug-likeness (QED) is 0.630. The van der Waals surface area contributed by atoms with Crippen LogP contribution in [0.4, 0.5) is 0 Å². The van der Waals surface area contributed by atoms with E-state index in [1.54, 1.807) is 0 Å². The summed E-state index contributed by atoms with van der Waals surface area (Å²) in [6.07, 6.45) is 2.88. The lowest BCUT2D eigenvalue weighted by Gasteiger charge is -2.46. The van der Waals surface area contributed by atoms with Crippen LogP contribution in [0.2, 0.25) is 0 Å². The van der Waals surface area contributed by atoms with E-state index in [-0.39, 0.29) is 0 Å². The van der Waals surface area contributed by atoms with Gasteiger partial charge >= 0.3 is 0 Å². The fourth-order valence-electron chi connectivity index (χ4n) is 2.36. The van der Waals surface area contributed by atoms with Crippen molar-refractivity contribution >= 4 is 0 Å². The number of nitrogens with one attached hydrogen (secondary N) is 1. The Balaban J connectivity index is 2.04. The maximum atomic E-state index is 3.58. The Labute approximate surface area is 75.3 Å². The first kappa shape index (κ1) is 8.52. The van der Waals surface area contributed by atoms with Gasteiger partial charge in [0.15, 0.2) is 0 Å². The number of rotatable bonds is 1. The standard InChI is InChI=1S/C10H20N2/c1-8-6-12(3)10(2,7-11-8)9-4-5-9/h8-9,11H,4-7H2,1-3H3. The second-order valence-electron chi connectivity index (χ2n) is 4.79. The van der Waals surface area contributed by atoms with E-state index in [9.17, 15) is 0 Å². The predicted octanol–water partition coefficient (Wildman–Crippen LogP) is 1.08. The molecule has 12 heavy (non-hydrogen) atoms. The van der Waals surface area contributed by atoms with Crippen molar-refractivity contribution in [2.24, 2.45) is 5.92 Å². The van der Waals surface area contributed by atoms with Crippen LogP contribution in [0.25, 0.3) is 0 Å². The van der Waals surface area contributed by atoms with Crippen molar-refractivity contribution in [3.8, 4) is 0 Å². The van der Waals surface area contributed by atoms with Gasteiger partial charge in [-0.15, -0.1) is 0 Å². The summed E-state index contributed by atoms with van der Waals surface area (Å²) in [5.74, 6) is 0.961. The minimum atomic E-state index is 0.451. The molecule has 1 saturated heterocycles. The Kier molecular flexibility index (Phi) is 1.92. The van der Waals surface area contributed by atoms with Crippen molar-refractivity contribution in [3.63, 3.8) is 0 Å². The predicted molar refractivity (Wildman–Crippen MR) is 51.2 cm³/mol. The lowest BCUT2D eigenvalue weighted by molar-refractivity contribution is 0.0642. The van der Waals surface area contributed by atoms with Crippen molar-refractivity contribution < 1.29 is 0 Å². The van der Waals surface area contributed by atoms with E-state index in [2.05, 4.69) is 31.1 Å². The van der Waals surface area contributed by atoms with Crippen molar-refractivity contribution in [3.05, 3.63) is 0 Å². The molecule has 0 bridgehead atoms. The lowest BCUT2D eigenvalue weighted by atomic mass is 9.90. The average Bonchev–Trinajstić information content (AvgIpc) is 2.80. The smallest absolute Gasteiger partial charge is 0.0331 e. The van der Waals surface area contributed by atoms with Gasteiger partial charge in [-0.1, -0.05) is 0 Å². The van der Waals surface area contributed by atoms with Crippen molar-refractivity contribution in [1.82, 2.24) is 10.2 Å². The summed E-state index contributed by atoms with van der Waals surface area (Å²) in [6, 6.07) is 0.668. The van der Waals surface area contributed by atoms with Crippen LogP contribution in [-0.4, -0.2) is 36.6 Å². The van der Waals surface area contributed by atoms with Crippen LogP contribution in [0.1, 0.15) is 26.7 Å². The Hall–Kier alpha value is -0.0800. The molecule has 2 heteroatoms. The molecule has 1 N–H and O–H groups in total. The van der Waals surface area contributed by atoms with E-state index in [4.69, 9.17) is 0 Å². The van der Waals surface area contributed by atoms with Crippen LogP contribution in [0.3, 0.4) is 0 Å². The number of hydrogen-bond acceptors (Lipinski definition) is 2. The summed E-state index contributed by atoms with van der Waals surface area (Å²) in [5, 5.41) is 3.58. The highest BCUT2D eigenvalue weighted by Crippen LogP contribution is 2.43. The van der Waals surface area contributed by atoms with E-state index in [1.165, 1.54) is 25.9 Å². The molecule has 0 aromatic rings. The van der Waals surface area contributed by atoms with Crippen LogP contribution >= 0.6 is 0 Å². The summed E-state index contributed by atoms with van der Waals surface area (Å²) in [6.45, 7) is 7.05. The normalized spacial score (nSPS) is 44.8. The molecule has 0 amide bonds. The number of nitrogens with zero attached hydrogens (tertiary/aromatic N) is 1. The zero-order chi connectivity index (χ0) is 8.77. The molecule has 2 unspecified atom stereocenters. The number of piperazine rings is 1. The SMILES string of the molecule is CC1CN(C)C(C)(C2CC2)CN1. The van der Waals surface area contributed by atoms with E-state index in [0.29, 0.717) is 11.6 Å². The Morgan fingerprint density at radius 2 is 2.08 bits per heavy atom. The number of hydrogen-bond donors (Lipinski definition) is 1. The van der Waals surface area contributed by atoms with Gasteiger partial charge in [-0.25, -0.2) is 0 Å². The molecule has 0 aromatic carbocycles. The minimum absolute atomic E-state index is 0.451. The van der Waals surface area contributed by atoms with E-state index in [0.717, 1.165) is 5.92 Å². The molecule has 70 valence electrons. The van der Waals surface area contributed by atoms with Gasteiger partial charge in [0.1, 0.15) is 0 Å². The Morgan fingerprint density at radius 3 is 2.58 bits per heavy atom. The molecular weight excluding hydrogens is 148 g/mol. The maximum absolute atomic E-state index is 3.58.